The van der Waals surface area contributed by atoms with Crippen LogP contribution >= 0.6 is 0 Å². The number of hydrogen-bond donors (Lipinski definition) is 1. The van der Waals surface area contributed by atoms with Gasteiger partial charge in [-0.05, 0) is 44.5 Å². The zero-order valence-electron chi connectivity index (χ0n) is 12.3. The maximum Gasteiger partial charge on any atom is 0.0472 e. The molecule has 1 N–H and O–H groups in total. The van der Waals surface area contributed by atoms with Crippen molar-refractivity contribution in [1.82, 2.24) is 10.2 Å². The number of benzene rings is 1. The summed E-state index contributed by atoms with van der Waals surface area (Å²) >= 11 is 0. The van der Waals surface area contributed by atoms with E-state index in [1.807, 2.05) is 0 Å². The van der Waals surface area contributed by atoms with E-state index in [0.717, 1.165) is 13.1 Å². The Morgan fingerprint density at radius 2 is 1.74 bits per heavy atom. The zero-order valence-corrected chi connectivity index (χ0v) is 12.3. The average molecular weight is 260 g/mol. The van der Waals surface area contributed by atoms with Crippen molar-refractivity contribution < 1.29 is 0 Å². The fraction of sp³-hybridized carbons (Fsp3) is 0.647. The molecule has 1 unspecified atom stereocenters. The van der Waals surface area contributed by atoms with Gasteiger partial charge in [0.1, 0.15) is 0 Å². The Morgan fingerprint density at radius 1 is 1.05 bits per heavy atom. The second-order valence-electron chi connectivity index (χ2n) is 5.58. The third-order valence-electron chi connectivity index (χ3n) is 4.03. The summed E-state index contributed by atoms with van der Waals surface area (Å²) in [4.78, 5) is 2.69. The Bertz CT molecular complexity index is 328. The van der Waals surface area contributed by atoms with E-state index >= 15 is 0 Å². The molecule has 0 saturated carbocycles. The molecule has 106 valence electrons. The lowest BCUT2D eigenvalue weighted by atomic mass is 10.0. The van der Waals surface area contributed by atoms with Gasteiger partial charge in [0, 0.05) is 12.6 Å². The molecule has 0 amide bonds. The molecule has 2 heteroatoms. The Morgan fingerprint density at radius 3 is 2.37 bits per heavy atom. The number of nitrogens with zero attached hydrogens (tertiary/aromatic N) is 1. The van der Waals surface area contributed by atoms with E-state index < -0.39 is 0 Å². The van der Waals surface area contributed by atoms with E-state index in [2.05, 4.69) is 47.5 Å². The largest absolute Gasteiger partial charge is 0.315 e. The Balaban J connectivity index is 2.04. The molecule has 1 aromatic rings. The molecule has 0 bridgehead atoms. The van der Waals surface area contributed by atoms with Gasteiger partial charge in [-0.3, -0.25) is 4.90 Å². The van der Waals surface area contributed by atoms with E-state index in [9.17, 15) is 0 Å². The molecule has 1 aliphatic heterocycles. The van der Waals surface area contributed by atoms with Crippen molar-refractivity contribution in [2.24, 2.45) is 0 Å². The van der Waals surface area contributed by atoms with Crippen molar-refractivity contribution in [2.45, 2.75) is 45.1 Å². The third kappa shape index (κ3) is 4.63. The van der Waals surface area contributed by atoms with Gasteiger partial charge in [-0.25, -0.2) is 0 Å². The molecule has 1 aromatic carbocycles. The standard InChI is InChI=1S/C17H28N2/c1-2-12-18-15-17(16-10-6-5-7-11-16)19-13-8-3-4-9-14-19/h5-7,10-11,17-18H,2-4,8-9,12-15H2,1H3. The Kier molecular flexibility index (Phi) is 6.38. The zero-order chi connectivity index (χ0) is 13.3. The average Bonchev–Trinajstić information content (AvgIpc) is 2.74. The van der Waals surface area contributed by atoms with Gasteiger partial charge in [-0.1, -0.05) is 50.1 Å². The maximum atomic E-state index is 3.61. The molecule has 2 nitrogen and oxygen atoms in total. The molecule has 0 aromatic heterocycles. The Labute approximate surface area is 118 Å². The molecule has 1 heterocycles. The molecule has 19 heavy (non-hydrogen) atoms. The van der Waals surface area contributed by atoms with Gasteiger partial charge in [-0.2, -0.15) is 0 Å². The Hall–Kier alpha value is -0.860. The topological polar surface area (TPSA) is 15.3 Å². The monoisotopic (exact) mass is 260 g/mol. The second-order valence-corrected chi connectivity index (χ2v) is 5.58. The lowest BCUT2D eigenvalue weighted by Gasteiger charge is -2.31. The first-order valence-electron chi connectivity index (χ1n) is 7.91. The van der Waals surface area contributed by atoms with Crippen LogP contribution in [-0.2, 0) is 0 Å². The van der Waals surface area contributed by atoms with Crippen LogP contribution in [0.2, 0.25) is 0 Å². The van der Waals surface area contributed by atoms with Crippen LogP contribution in [0.1, 0.15) is 50.6 Å². The number of rotatable bonds is 6. The summed E-state index contributed by atoms with van der Waals surface area (Å²) in [6.45, 7) is 6.95. The summed E-state index contributed by atoms with van der Waals surface area (Å²) in [5.41, 5.74) is 1.47. The number of nitrogens with one attached hydrogen (secondary N) is 1. The second kappa shape index (κ2) is 8.34. The van der Waals surface area contributed by atoms with Crippen LogP contribution < -0.4 is 5.32 Å². The summed E-state index contributed by atoms with van der Waals surface area (Å²) < 4.78 is 0. The summed E-state index contributed by atoms with van der Waals surface area (Å²) in [5, 5.41) is 3.61. The van der Waals surface area contributed by atoms with Crippen LogP contribution in [0.4, 0.5) is 0 Å². The van der Waals surface area contributed by atoms with E-state index in [0.29, 0.717) is 6.04 Å². The molecule has 0 spiro atoms. The van der Waals surface area contributed by atoms with Gasteiger partial charge in [0.25, 0.3) is 0 Å². The van der Waals surface area contributed by atoms with Gasteiger partial charge in [0.05, 0.1) is 0 Å². The highest BCUT2D eigenvalue weighted by Gasteiger charge is 2.20. The first-order valence-corrected chi connectivity index (χ1v) is 7.91. The van der Waals surface area contributed by atoms with Crippen molar-refractivity contribution in [3.05, 3.63) is 35.9 Å². The lowest BCUT2D eigenvalue weighted by Crippen LogP contribution is -2.36. The van der Waals surface area contributed by atoms with Crippen LogP contribution in [0.5, 0.6) is 0 Å². The molecule has 1 fully saturated rings. The minimum absolute atomic E-state index is 0.547. The van der Waals surface area contributed by atoms with Gasteiger partial charge in [0.15, 0.2) is 0 Å². The van der Waals surface area contributed by atoms with E-state index in [1.165, 1.54) is 50.8 Å². The van der Waals surface area contributed by atoms with Crippen molar-refractivity contribution >= 4 is 0 Å². The quantitative estimate of drug-likeness (QED) is 0.786. The SMILES string of the molecule is CCCNCC(c1ccccc1)N1CCCCCC1. The highest BCUT2D eigenvalue weighted by molar-refractivity contribution is 5.19. The maximum absolute atomic E-state index is 3.61. The van der Waals surface area contributed by atoms with Gasteiger partial charge >= 0.3 is 0 Å². The molecule has 1 saturated heterocycles. The smallest absolute Gasteiger partial charge is 0.0472 e. The minimum atomic E-state index is 0.547. The van der Waals surface area contributed by atoms with Crippen LogP contribution in [-0.4, -0.2) is 31.1 Å². The van der Waals surface area contributed by atoms with Gasteiger partial charge < -0.3 is 5.32 Å². The lowest BCUT2D eigenvalue weighted by molar-refractivity contribution is 0.200. The van der Waals surface area contributed by atoms with Gasteiger partial charge in [0.2, 0.25) is 0 Å². The summed E-state index contributed by atoms with van der Waals surface area (Å²) in [6.07, 6.45) is 6.73. The van der Waals surface area contributed by atoms with Crippen LogP contribution in [0.3, 0.4) is 0 Å². The third-order valence-corrected chi connectivity index (χ3v) is 4.03. The minimum Gasteiger partial charge on any atom is -0.315 e. The predicted octanol–water partition coefficient (Wildman–Crippen LogP) is 3.60. The van der Waals surface area contributed by atoms with E-state index in [1.54, 1.807) is 0 Å². The summed E-state index contributed by atoms with van der Waals surface area (Å²) in [6, 6.07) is 11.6. The van der Waals surface area contributed by atoms with Gasteiger partial charge in [-0.15, -0.1) is 0 Å². The summed E-state index contributed by atoms with van der Waals surface area (Å²) in [7, 11) is 0. The van der Waals surface area contributed by atoms with Crippen molar-refractivity contribution in [3.8, 4) is 0 Å². The first kappa shape index (κ1) is 14.5. The molecule has 1 aliphatic rings. The first-order chi connectivity index (χ1) is 9.42. The summed E-state index contributed by atoms with van der Waals surface area (Å²) in [5.74, 6) is 0. The fourth-order valence-electron chi connectivity index (χ4n) is 2.96. The predicted molar refractivity (Wildman–Crippen MR) is 82.4 cm³/mol. The molecule has 2 rings (SSSR count). The van der Waals surface area contributed by atoms with Crippen LogP contribution in [0, 0.1) is 0 Å². The normalized spacial score (nSPS) is 19.0. The highest BCUT2D eigenvalue weighted by Crippen LogP contribution is 2.23. The van der Waals surface area contributed by atoms with E-state index in [4.69, 9.17) is 0 Å². The molecule has 0 radical (unpaired) electrons. The highest BCUT2D eigenvalue weighted by atomic mass is 15.2. The van der Waals surface area contributed by atoms with Crippen molar-refractivity contribution in [3.63, 3.8) is 0 Å². The molecular weight excluding hydrogens is 232 g/mol. The molecule has 0 aliphatic carbocycles. The van der Waals surface area contributed by atoms with Crippen molar-refractivity contribution in [2.75, 3.05) is 26.2 Å². The van der Waals surface area contributed by atoms with Crippen LogP contribution in [0.25, 0.3) is 0 Å². The van der Waals surface area contributed by atoms with E-state index in [-0.39, 0.29) is 0 Å². The number of likely N-dealkylation sites (tertiary alicyclic amines) is 1. The number of hydrogen-bond acceptors (Lipinski definition) is 2. The molecule has 1 atom stereocenters. The van der Waals surface area contributed by atoms with Crippen molar-refractivity contribution in [1.29, 1.82) is 0 Å². The molecular formula is C17H28N2. The van der Waals surface area contributed by atoms with Crippen LogP contribution in [0.15, 0.2) is 30.3 Å². The fourth-order valence-corrected chi connectivity index (χ4v) is 2.96.